The molecule has 0 rings (SSSR count). The van der Waals surface area contributed by atoms with Crippen molar-refractivity contribution < 1.29 is 5.11 Å². The quantitative estimate of drug-likeness (QED) is 0.623. The summed E-state index contributed by atoms with van der Waals surface area (Å²) in [7, 11) is 0. The summed E-state index contributed by atoms with van der Waals surface area (Å²) < 4.78 is 0. The van der Waals surface area contributed by atoms with Gasteiger partial charge in [-0.3, -0.25) is 0 Å². The van der Waals surface area contributed by atoms with Crippen molar-refractivity contribution in [2.45, 2.75) is 34.1 Å². The van der Waals surface area contributed by atoms with Crippen LogP contribution in [-0.2, 0) is 0 Å². The van der Waals surface area contributed by atoms with E-state index in [9.17, 15) is 0 Å². The normalized spacial score (nSPS) is 11.2. The van der Waals surface area contributed by atoms with Crippen molar-refractivity contribution >= 4 is 0 Å². The summed E-state index contributed by atoms with van der Waals surface area (Å²) in [4.78, 5) is 0. The van der Waals surface area contributed by atoms with E-state index in [4.69, 9.17) is 5.11 Å². The molecular weight excluding hydrogens is 136 g/mol. The van der Waals surface area contributed by atoms with Crippen molar-refractivity contribution in [3.63, 3.8) is 0 Å². The zero-order valence-corrected chi connectivity index (χ0v) is 8.09. The lowest BCUT2D eigenvalue weighted by Crippen LogP contribution is -1.83. The van der Waals surface area contributed by atoms with Crippen LogP contribution in [0.2, 0.25) is 0 Å². The summed E-state index contributed by atoms with van der Waals surface area (Å²) in [5.74, 6) is 0. The first-order valence-electron chi connectivity index (χ1n) is 4.24. The molecule has 1 heteroatoms. The van der Waals surface area contributed by atoms with Crippen LogP contribution in [0.5, 0.6) is 0 Å². The minimum atomic E-state index is 0.240. The molecule has 0 aromatic rings. The standard InChI is InChI=1S/C8H14O.C2H6/c1-3-5-8(4-2)6-7-9;1-2/h3-5,9H,6-7H2,1-2H3;1-2H3/b5-3-,8-4+;. The molecule has 0 aromatic carbocycles. The summed E-state index contributed by atoms with van der Waals surface area (Å²) in [5.41, 5.74) is 1.19. The van der Waals surface area contributed by atoms with Crippen molar-refractivity contribution in [1.82, 2.24) is 0 Å². The first-order chi connectivity index (χ1) is 5.35. The van der Waals surface area contributed by atoms with Gasteiger partial charge in [-0.25, -0.2) is 0 Å². The molecule has 1 nitrogen and oxygen atoms in total. The smallest absolute Gasteiger partial charge is 0.0471 e. The SMILES string of the molecule is C/C=C\C(=C/C)CCO.CC. The predicted molar refractivity (Wildman–Crippen MR) is 51.6 cm³/mol. The first-order valence-corrected chi connectivity index (χ1v) is 4.24. The molecule has 0 fully saturated rings. The lowest BCUT2D eigenvalue weighted by atomic mass is 10.2. The number of aliphatic hydroxyl groups excluding tert-OH is 1. The average Bonchev–Trinajstić information content (AvgIpc) is 2.08. The molecule has 0 bridgehead atoms. The number of allylic oxidation sites excluding steroid dienone is 3. The lowest BCUT2D eigenvalue weighted by Gasteiger charge is -1.94. The molecule has 0 aliphatic heterocycles. The Morgan fingerprint density at radius 3 is 2.09 bits per heavy atom. The van der Waals surface area contributed by atoms with Gasteiger partial charge in [-0.15, -0.1) is 0 Å². The maximum absolute atomic E-state index is 8.52. The fourth-order valence-electron chi connectivity index (χ4n) is 0.667. The minimum absolute atomic E-state index is 0.240. The van der Waals surface area contributed by atoms with Crippen LogP contribution in [0.25, 0.3) is 0 Å². The highest BCUT2D eigenvalue weighted by Crippen LogP contribution is 2.00. The third-order valence-corrected chi connectivity index (χ3v) is 1.15. The number of hydrogen-bond donors (Lipinski definition) is 1. The van der Waals surface area contributed by atoms with E-state index in [1.165, 1.54) is 5.57 Å². The average molecular weight is 156 g/mol. The Bertz CT molecular complexity index is 112. The van der Waals surface area contributed by atoms with Gasteiger partial charge in [0.15, 0.2) is 0 Å². The molecule has 0 aliphatic carbocycles. The Morgan fingerprint density at radius 2 is 1.82 bits per heavy atom. The Hall–Kier alpha value is -0.560. The molecule has 66 valence electrons. The molecule has 11 heavy (non-hydrogen) atoms. The van der Waals surface area contributed by atoms with E-state index < -0.39 is 0 Å². The van der Waals surface area contributed by atoms with Gasteiger partial charge in [-0.2, -0.15) is 0 Å². The maximum Gasteiger partial charge on any atom is 0.0471 e. The molecule has 0 atom stereocenters. The van der Waals surface area contributed by atoms with Crippen molar-refractivity contribution in [2.24, 2.45) is 0 Å². The van der Waals surface area contributed by atoms with E-state index >= 15 is 0 Å². The van der Waals surface area contributed by atoms with Crippen molar-refractivity contribution in [2.75, 3.05) is 6.61 Å². The topological polar surface area (TPSA) is 20.2 Å². The van der Waals surface area contributed by atoms with Gasteiger partial charge >= 0.3 is 0 Å². The fourth-order valence-corrected chi connectivity index (χ4v) is 0.667. The second-order valence-corrected chi connectivity index (χ2v) is 1.84. The molecule has 0 saturated heterocycles. The second-order valence-electron chi connectivity index (χ2n) is 1.84. The Kier molecular flexibility index (Phi) is 14.4. The van der Waals surface area contributed by atoms with Crippen LogP contribution >= 0.6 is 0 Å². The fraction of sp³-hybridized carbons (Fsp3) is 0.600. The van der Waals surface area contributed by atoms with Crippen molar-refractivity contribution in [3.8, 4) is 0 Å². The van der Waals surface area contributed by atoms with Crippen molar-refractivity contribution in [3.05, 3.63) is 23.8 Å². The van der Waals surface area contributed by atoms with E-state index in [-0.39, 0.29) is 6.61 Å². The lowest BCUT2D eigenvalue weighted by molar-refractivity contribution is 0.300. The number of rotatable bonds is 3. The van der Waals surface area contributed by atoms with Crippen LogP contribution in [0.3, 0.4) is 0 Å². The summed E-state index contributed by atoms with van der Waals surface area (Å²) in [6.45, 7) is 8.19. The van der Waals surface area contributed by atoms with Gasteiger partial charge in [0.05, 0.1) is 0 Å². The van der Waals surface area contributed by atoms with Crippen LogP contribution in [0, 0.1) is 0 Å². The Balaban J connectivity index is 0. The summed E-state index contributed by atoms with van der Waals surface area (Å²) in [6, 6.07) is 0. The first kappa shape index (κ1) is 13.1. The summed E-state index contributed by atoms with van der Waals surface area (Å²) in [5, 5.41) is 8.52. The van der Waals surface area contributed by atoms with E-state index in [2.05, 4.69) is 0 Å². The maximum atomic E-state index is 8.52. The highest BCUT2D eigenvalue weighted by Gasteiger charge is 1.85. The van der Waals surface area contributed by atoms with Gasteiger partial charge in [0.25, 0.3) is 0 Å². The van der Waals surface area contributed by atoms with Crippen LogP contribution < -0.4 is 0 Å². The molecular formula is C10H20O. The predicted octanol–water partition coefficient (Wildman–Crippen LogP) is 2.92. The second kappa shape index (κ2) is 12.1. The van der Waals surface area contributed by atoms with Gasteiger partial charge < -0.3 is 5.11 Å². The number of hydrogen-bond acceptors (Lipinski definition) is 1. The summed E-state index contributed by atoms with van der Waals surface area (Å²) >= 11 is 0. The van der Waals surface area contributed by atoms with Crippen LogP contribution in [0.4, 0.5) is 0 Å². The van der Waals surface area contributed by atoms with E-state index in [0.29, 0.717) is 0 Å². The molecule has 0 unspecified atom stereocenters. The minimum Gasteiger partial charge on any atom is -0.396 e. The molecule has 0 aliphatic rings. The van der Waals surface area contributed by atoms with E-state index in [1.54, 1.807) is 0 Å². The number of aliphatic hydroxyl groups is 1. The summed E-state index contributed by atoms with van der Waals surface area (Å²) in [6.07, 6.45) is 6.76. The van der Waals surface area contributed by atoms with Gasteiger partial charge in [0.2, 0.25) is 0 Å². The Morgan fingerprint density at radius 1 is 1.27 bits per heavy atom. The molecule has 0 aromatic heterocycles. The Labute approximate surface area is 70.4 Å². The molecule has 0 spiro atoms. The highest BCUT2D eigenvalue weighted by molar-refractivity contribution is 5.16. The van der Waals surface area contributed by atoms with Crippen LogP contribution in [0.15, 0.2) is 23.8 Å². The van der Waals surface area contributed by atoms with Crippen molar-refractivity contribution in [1.29, 1.82) is 0 Å². The molecule has 0 amide bonds. The van der Waals surface area contributed by atoms with Crippen LogP contribution in [0.1, 0.15) is 34.1 Å². The zero-order chi connectivity index (χ0) is 9.11. The molecule has 0 heterocycles. The largest absolute Gasteiger partial charge is 0.396 e. The van der Waals surface area contributed by atoms with Gasteiger partial charge in [-0.05, 0) is 20.3 Å². The van der Waals surface area contributed by atoms with Crippen LogP contribution in [-0.4, -0.2) is 11.7 Å². The zero-order valence-electron chi connectivity index (χ0n) is 8.09. The monoisotopic (exact) mass is 156 g/mol. The van der Waals surface area contributed by atoms with Gasteiger partial charge in [0.1, 0.15) is 0 Å². The molecule has 1 N–H and O–H groups in total. The third kappa shape index (κ3) is 9.44. The molecule has 0 saturated carbocycles. The highest BCUT2D eigenvalue weighted by atomic mass is 16.2. The van der Waals surface area contributed by atoms with E-state index in [0.717, 1.165) is 6.42 Å². The van der Waals surface area contributed by atoms with Gasteiger partial charge in [0, 0.05) is 6.61 Å². The van der Waals surface area contributed by atoms with Gasteiger partial charge in [-0.1, -0.05) is 37.6 Å². The molecule has 0 radical (unpaired) electrons. The van der Waals surface area contributed by atoms with E-state index in [1.807, 2.05) is 45.9 Å². The third-order valence-electron chi connectivity index (χ3n) is 1.15.